The van der Waals surface area contributed by atoms with Crippen molar-refractivity contribution in [2.24, 2.45) is 0 Å². The van der Waals surface area contributed by atoms with E-state index in [9.17, 15) is 9.59 Å². The fourth-order valence-electron chi connectivity index (χ4n) is 3.98. The largest absolute Gasteiger partial charge is 0.466 e. The molecule has 4 nitrogen and oxygen atoms in total. The third kappa shape index (κ3) is 26.9. The van der Waals surface area contributed by atoms with Crippen LogP contribution >= 0.6 is 0 Å². The molecule has 0 aromatic heterocycles. The van der Waals surface area contributed by atoms with Crippen LogP contribution in [0.3, 0.4) is 0 Å². The fraction of sp³-hybridized carbons (Fsp3) is 0.867. The van der Waals surface area contributed by atoms with Crippen molar-refractivity contribution in [3.05, 3.63) is 12.2 Å². The third-order valence-corrected chi connectivity index (χ3v) is 6.22. The van der Waals surface area contributed by atoms with Gasteiger partial charge in [-0.1, -0.05) is 122 Å². The van der Waals surface area contributed by atoms with E-state index >= 15 is 0 Å². The molecule has 0 aliphatic rings. The Morgan fingerprint density at radius 1 is 0.500 bits per heavy atom. The Bertz CT molecular complexity index is 472. The second-order valence-corrected chi connectivity index (χ2v) is 9.67. The number of allylic oxidation sites excluding steroid dienone is 1. The van der Waals surface area contributed by atoms with Crippen molar-refractivity contribution in [3.63, 3.8) is 0 Å². The SMILES string of the molecule is CCCCCCCOC(=O)C/C=C/CCCCCCCCCCCC(=O)OCCCCCCC. The summed E-state index contributed by atoms with van der Waals surface area (Å²) in [5.41, 5.74) is 0. The maximum absolute atomic E-state index is 11.7. The van der Waals surface area contributed by atoms with Gasteiger partial charge in [-0.15, -0.1) is 0 Å². The average molecular weight is 481 g/mol. The van der Waals surface area contributed by atoms with Crippen LogP contribution in [0.25, 0.3) is 0 Å². The number of rotatable bonds is 26. The second kappa shape index (κ2) is 27.9. The molecular formula is C30H56O4. The lowest BCUT2D eigenvalue weighted by molar-refractivity contribution is -0.144. The molecule has 34 heavy (non-hydrogen) atoms. The molecule has 0 spiro atoms. The summed E-state index contributed by atoms with van der Waals surface area (Å²) in [6, 6.07) is 0. The highest BCUT2D eigenvalue weighted by atomic mass is 16.5. The first-order valence-electron chi connectivity index (χ1n) is 14.7. The number of hydrogen-bond acceptors (Lipinski definition) is 4. The zero-order valence-electron chi connectivity index (χ0n) is 22.8. The Morgan fingerprint density at radius 2 is 0.941 bits per heavy atom. The number of carbonyl (C=O) groups excluding carboxylic acids is 2. The van der Waals surface area contributed by atoms with E-state index in [0.29, 0.717) is 26.1 Å². The number of unbranched alkanes of at least 4 members (excludes halogenated alkanes) is 17. The maximum atomic E-state index is 11.7. The van der Waals surface area contributed by atoms with Crippen LogP contribution in [0.5, 0.6) is 0 Å². The number of carbonyl (C=O) groups is 2. The van der Waals surface area contributed by atoms with Crippen LogP contribution in [0.1, 0.15) is 155 Å². The molecule has 200 valence electrons. The first kappa shape index (κ1) is 32.7. The fourth-order valence-corrected chi connectivity index (χ4v) is 3.98. The molecule has 0 aromatic rings. The van der Waals surface area contributed by atoms with E-state index in [0.717, 1.165) is 38.5 Å². The van der Waals surface area contributed by atoms with Crippen LogP contribution in [-0.2, 0) is 19.1 Å². The number of ether oxygens (including phenoxy) is 2. The standard InChI is InChI=1S/C30H56O4/c1-3-5-7-19-23-27-33-29(31)25-21-17-15-13-11-9-10-12-14-16-18-22-26-30(32)34-28-24-20-8-6-4-2/h17,21H,3-16,18-20,22-28H2,1-2H3/b21-17+. The molecule has 0 aromatic carbocycles. The second-order valence-electron chi connectivity index (χ2n) is 9.67. The van der Waals surface area contributed by atoms with Gasteiger partial charge in [0.2, 0.25) is 0 Å². The molecule has 4 heteroatoms. The highest BCUT2D eigenvalue weighted by Gasteiger charge is 2.02. The predicted octanol–water partition coefficient (Wildman–Crippen LogP) is 9.25. The van der Waals surface area contributed by atoms with E-state index in [-0.39, 0.29) is 11.9 Å². The summed E-state index contributed by atoms with van der Waals surface area (Å²) < 4.78 is 10.6. The van der Waals surface area contributed by atoms with Gasteiger partial charge in [-0.2, -0.15) is 0 Å². The van der Waals surface area contributed by atoms with Crippen LogP contribution in [-0.4, -0.2) is 25.2 Å². The van der Waals surface area contributed by atoms with Gasteiger partial charge in [-0.05, 0) is 32.1 Å². The topological polar surface area (TPSA) is 52.6 Å². The minimum absolute atomic E-state index is 0.0146. The molecule has 0 amide bonds. The van der Waals surface area contributed by atoms with Crippen molar-refractivity contribution in [1.29, 1.82) is 0 Å². The summed E-state index contributed by atoms with van der Waals surface area (Å²) in [6.45, 7) is 5.59. The molecule has 0 radical (unpaired) electrons. The van der Waals surface area contributed by atoms with Crippen LogP contribution < -0.4 is 0 Å². The van der Waals surface area contributed by atoms with E-state index < -0.39 is 0 Å². The van der Waals surface area contributed by atoms with Crippen molar-refractivity contribution in [3.8, 4) is 0 Å². The van der Waals surface area contributed by atoms with Gasteiger partial charge in [-0.3, -0.25) is 9.59 Å². The highest BCUT2D eigenvalue weighted by molar-refractivity contribution is 5.71. The van der Waals surface area contributed by atoms with Crippen LogP contribution in [0.15, 0.2) is 12.2 Å². The summed E-state index contributed by atoms with van der Waals surface area (Å²) in [6.07, 6.45) is 28.9. The minimum atomic E-state index is -0.0959. The number of esters is 2. The van der Waals surface area contributed by atoms with Crippen molar-refractivity contribution >= 4 is 11.9 Å². The van der Waals surface area contributed by atoms with E-state index in [1.807, 2.05) is 6.08 Å². The molecule has 0 atom stereocenters. The van der Waals surface area contributed by atoms with Gasteiger partial charge in [0, 0.05) is 6.42 Å². The molecule has 0 N–H and O–H groups in total. The van der Waals surface area contributed by atoms with Gasteiger partial charge >= 0.3 is 11.9 Å². The lowest BCUT2D eigenvalue weighted by Gasteiger charge is -2.05. The van der Waals surface area contributed by atoms with Crippen molar-refractivity contribution < 1.29 is 19.1 Å². The van der Waals surface area contributed by atoms with Crippen LogP contribution in [0.4, 0.5) is 0 Å². The summed E-state index contributed by atoms with van der Waals surface area (Å²) in [5.74, 6) is -0.110. The quantitative estimate of drug-likeness (QED) is 0.0703. The maximum Gasteiger partial charge on any atom is 0.309 e. The lowest BCUT2D eigenvalue weighted by atomic mass is 10.1. The van der Waals surface area contributed by atoms with Crippen molar-refractivity contribution in [2.45, 2.75) is 155 Å². The third-order valence-electron chi connectivity index (χ3n) is 6.22. The summed E-state index contributed by atoms with van der Waals surface area (Å²) in [7, 11) is 0. The van der Waals surface area contributed by atoms with Gasteiger partial charge in [0.15, 0.2) is 0 Å². The Morgan fingerprint density at radius 3 is 1.50 bits per heavy atom. The molecule has 0 aliphatic heterocycles. The van der Waals surface area contributed by atoms with Gasteiger partial charge in [0.25, 0.3) is 0 Å². The number of hydrogen-bond donors (Lipinski definition) is 0. The Kier molecular flexibility index (Phi) is 26.8. The van der Waals surface area contributed by atoms with Gasteiger partial charge in [0.05, 0.1) is 19.6 Å². The molecule has 0 rings (SSSR count). The lowest BCUT2D eigenvalue weighted by Crippen LogP contribution is -2.05. The minimum Gasteiger partial charge on any atom is -0.466 e. The Balaban J connectivity index is 3.27. The van der Waals surface area contributed by atoms with E-state index in [1.165, 1.54) is 89.9 Å². The molecular weight excluding hydrogens is 424 g/mol. The summed E-state index contributed by atoms with van der Waals surface area (Å²) in [4.78, 5) is 23.4. The van der Waals surface area contributed by atoms with E-state index in [2.05, 4.69) is 19.9 Å². The molecule has 0 saturated heterocycles. The molecule has 0 fully saturated rings. The Labute approximate surface area is 211 Å². The monoisotopic (exact) mass is 480 g/mol. The zero-order chi connectivity index (χ0) is 25.0. The average Bonchev–Trinajstić information content (AvgIpc) is 2.83. The Hall–Kier alpha value is -1.32. The normalized spacial score (nSPS) is 11.2. The first-order valence-corrected chi connectivity index (χ1v) is 14.7. The van der Waals surface area contributed by atoms with Crippen LogP contribution in [0.2, 0.25) is 0 Å². The van der Waals surface area contributed by atoms with Gasteiger partial charge < -0.3 is 9.47 Å². The molecule has 0 unspecified atom stereocenters. The smallest absolute Gasteiger partial charge is 0.309 e. The molecule has 0 aliphatic carbocycles. The highest BCUT2D eigenvalue weighted by Crippen LogP contribution is 2.12. The summed E-state index contributed by atoms with van der Waals surface area (Å²) >= 11 is 0. The molecule has 0 saturated carbocycles. The molecule has 0 bridgehead atoms. The first-order chi connectivity index (χ1) is 16.7. The van der Waals surface area contributed by atoms with Crippen molar-refractivity contribution in [2.75, 3.05) is 13.2 Å². The van der Waals surface area contributed by atoms with Crippen LogP contribution in [0, 0.1) is 0 Å². The van der Waals surface area contributed by atoms with Gasteiger partial charge in [0.1, 0.15) is 0 Å². The predicted molar refractivity (Wildman–Crippen MR) is 144 cm³/mol. The summed E-state index contributed by atoms with van der Waals surface area (Å²) in [5, 5.41) is 0. The van der Waals surface area contributed by atoms with Crippen molar-refractivity contribution in [1.82, 2.24) is 0 Å². The zero-order valence-corrected chi connectivity index (χ0v) is 22.8. The van der Waals surface area contributed by atoms with E-state index in [1.54, 1.807) is 0 Å². The van der Waals surface area contributed by atoms with E-state index in [4.69, 9.17) is 9.47 Å². The molecule has 0 heterocycles. The van der Waals surface area contributed by atoms with Gasteiger partial charge in [-0.25, -0.2) is 0 Å².